The molecule has 1 heterocycles. The second-order valence-corrected chi connectivity index (χ2v) is 3.32. The van der Waals surface area contributed by atoms with E-state index >= 15 is 0 Å². The van der Waals surface area contributed by atoms with Crippen LogP contribution < -0.4 is 5.73 Å². The standard InChI is InChI=1S/C5H10N2O3S/c6-5(8)4-2-1-3-7(4)11(9)10/h4H,1-3H2,(H2,6,8)(H,9,10)/p-1. The van der Waals surface area contributed by atoms with Crippen LogP contribution in [0, 0.1) is 0 Å². The molecule has 5 nitrogen and oxygen atoms in total. The molecule has 1 aliphatic heterocycles. The summed E-state index contributed by atoms with van der Waals surface area (Å²) >= 11 is -2.31. The lowest BCUT2D eigenvalue weighted by Gasteiger charge is -2.23. The quantitative estimate of drug-likeness (QED) is 0.533. The molecule has 1 rings (SSSR count). The molecule has 1 fully saturated rings. The van der Waals surface area contributed by atoms with Gasteiger partial charge in [-0.2, -0.15) is 0 Å². The molecule has 0 bridgehead atoms. The van der Waals surface area contributed by atoms with E-state index in [9.17, 15) is 13.6 Å². The lowest BCUT2D eigenvalue weighted by molar-refractivity contribution is -0.121. The van der Waals surface area contributed by atoms with Gasteiger partial charge in [-0.3, -0.25) is 9.00 Å². The Labute approximate surface area is 67.0 Å². The molecule has 1 aliphatic rings. The van der Waals surface area contributed by atoms with Crippen molar-refractivity contribution in [1.29, 1.82) is 0 Å². The van der Waals surface area contributed by atoms with Gasteiger partial charge in [0, 0.05) is 17.8 Å². The second kappa shape index (κ2) is 3.29. The van der Waals surface area contributed by atoms with E-state index in [4.69, 9.17) is 5.73 Å². The number of amides is 1. The van der Waals surface area contributed by atoms with Crippen LogP contribution in [-0.4, -0.2) is 31.6 Å². The first-order valence-corrected chi connectivity index (χ1v) is 4.31. The molecular weight excluding hydrogens is 168 g/mol. The summed E-state index contributed by atoms with van der Waals surface area (Å²) < 4.78 is 22.0. The summed E-state index contributed by atoms with van der Waals surface area (Å²) in [6.07, 6.45) is 1.25. The molecule has 0 aromatic heterocycles. The van der Waals surface area contributed by atoms with E-state index in [0.717, 1.165) is 4.31 Å². The zero-order chi connectivity index (χ0) is 8.43. The summed E-state index contributed by atoms with van der Waals surface area (Å²) in [4.78, 5) is 10.6. The number of nitrogens with zero attached hydrogens (tertiary/aromatic N) is 1. The van der Waals surface area contributed by atoms with E-state index in [2.05, 4.69) is 0 Å². The van der Waals surface area contributed by atoms with Crippen LogP contribution in [0.4, 0.5) is 0 Å². The van der Waals surface area contributed by atoms with Crippen molar-refractivity contribution in [2.45, 2.75) is 18.9 Å². The fourth-order valence-electron chi connectivity index (χ4n) is 1.20. The topological polar surface area (TPSA) is 86.5 Å². The molecule has 1 saturated heterocycles. The third-order valence-corrected chi connectivity index (χ3v) is 2.54. The summed E-state index contributed by atoms with van der Waals surface area (Å²) in [5, 5.41) is 0. The second-order valence-electron chi connectivity index (χ2n) is 2.42. The Hall–Kier alpha value is -0.460. The Kier molecular flexibility index (Phi) is 2.58. The molecular formula is C5H9N2O3S-. The SMILES string of the molecule is NC(=O)C1CCCN1S(=O)[O-]. The van der Waals surface area contributed by atoms with Crippen LogP contribution in [-0.2, 0) is 16.1 Å². The molecule has 0 aliphatic carbocycles. The van der Waals surface area contributed by atoms with E-state index < -0.39 is 23.2 Å². The van der Waals surface area contributed by atoms with Gasteiger partial charge in [0.2, 0.25) is 5.91 Å². The molecule has 2 atom stereocenters. The summed E-state index contributed by atoms with van der Waals surface area (Å²) in [5.41, 5.74) is 4.97. The third kappa shape index (κ3) is 1.76. The van der Waals surface area contributed by atoms with Crippen LogP contribution >= 0.6 is 0 Å². The van der Waals surface area contributed by atoms with E-state index in [1.54, 1.807) is 0 Å². The zero-order valence-corrected chi connectivity index (χ0v) is 6.67. The minimum absolute atomic E-state index is 0.406. The number of carbonyl (C=O) groups is 1. The molecule has 0 radical (unpaired) electrons. The Bertz CT molecular complexity index is 176. The van der Waals surface area contributed by atoms with Gasteiger partial charge in [-0.25, -0.2) is 4.31 Å². The highest BCUT2D eigenvalue weighted by molar-refractivity contribution is 7.76. The number of nitrogens with two attached hydrogens (primary N) is 1. The number of primary amides is 1. The van der Waals surface area contributed by atoms with Gasteiger partial charge in [-0.05, 0) is 12.8 Å². The summed E-state index contributed by atoms with van der Waals surface area (Å²) in [6.45, 7) is 0.406. The van der Waals surface area contributed by atoms with Crippen molar-refractivity contribution in [3.8, 4) is 0 Å². The number of hydrogen-bond donors (Lipinski definition) is 1. The molecule has 0 saturated carbocycles. The van der Waals surface area contributed by atoms with Gasteiger partial charge >= 0.3 is 0 Å². The highest BCUT2D eigenvalue weighted by Crippen LogP contribution is 2.17. The van der Waals surface area contributed by atoms with Gasteiger partial charge in [0.1, 0.15) is 0 Å². The van der Waals surface area contributed by atoms with Crippen LogP contribution in [0.25, 0.3) is 0 Å². The van der Waals surface area contributed by atoms with Crippen molar-refractivity contribution in [2.75, 3.05) is 6.54 Å². The van der Waals surface area contributed by atoms with E-state index in [1.165, 1.54) is 0 Å². The minimum Gasteiger partial charge on any atom is -0.760 e. The van der Waals surface area contributed by atoms with Crippen molar-refractivity contribution in [3.05, 3.63) is 0 Å². The summed E-state index contributed by atoms with van der Waals surface area (Å²) in [7, 11) is 0. The van der Waals surface area contributed by atoms with Crippen LogP contribution in [0.15, 0.2) is 0 Å². The predicted molar refractivity (Wildman–Crippen MR) is 37.8 cm³/mol. The molecule has 2 unspecified atom stereocenters. The fraction of sp³-hybridized carbons (Fsp3) is 0.800. The Morgan fingerprint density at radius 1 is 1.73 bits per heavy atom. The van der Waals surface area contributed by atoms with Gasteiger partial charge in [0.15, 0.2) is 0 Å². The molecule has 64 valence electrons. The van der Waals surface area contributed by atoms with Crippen molar-refractivity contribution < 1.29 is 13.6 Å². The number of rotatable bonds is 2. The van der Waals surface area contributed by atoms with Crippen LogP contribution in [0.1, 0.15) is 12.8 Å². The lowest BCUT2D eigenvalue weighted by atomic mass is 10.2. The highest BCUT2D eigenvalue weighted by atomic mass is 32.2. The average Bonchev–Trinajstić information content (AvgIpc) is 2.32. The number of hydrogen-bond acceptors (Lipinski definition) is 3. The largest absolute Gasteiger partial charge is 0.760 e. The molecule has 6 heteroatoms. The average molecular weight is 177 g/mol. The smallest absolute Gasteiger partial charge is 0.235 e. The van der Waals surface area contributed by atoms with Gasteiger partial charge in [-0.1, -0.05) is 0 Å². The minimum atomic E-state index is -2.31. The maximum Gasteiger partial charge on any atom is 0.235 e. The molecule has 0 spiro atoms. The van der Waals surface area contributed by atoms with Gasteiger partial charge < -0.3 is 10.3 Å². The van der Waals surface area contributed by atoms with Gasteiger partial charge in [0.25, 0.3) is 0 Å². The van der Waals surface area contributed by atoms with Crippen molar-refractivity contribution in [2.24, 2.45) is 5.73 Å². The van der Waals surface area contributed by atoms with E-state index in [0.29, 0.717) is 19.4 Å². The predicted octanol–water partition coefficient (Wildman–Crippen LogP) is -1.27. The summed E-state index contributed by atoms with van der Waals surface area (Å²) in [6, 6.07) is -0.617. The zero-order valence-electron chi connectivity index (χ0n) is 5.86. The van der Waals surface area contributed by atoms with E-state index in [-0.39, 0.29) is 0 Å². The first-order valence-electron chi connectivity index (χ1n) is 3.28. The lowest BCUT2D eigenvalue weighted by Crippen LogP contribution is -2.40. The van der Waals surface area contributed by atoms with Crippen molar-refractivity contribution >= 4 is 17.2 Å². The van der Waals surface area contributed by atoms with Gasteiger partial charge in [-0.15, -0.1) is 0 Å². The Morgan fingerprint density at radius 2 is 2.36 bits per heavy atom. The maximum absolute atomic E-state index is 10.6. The first kappa shape index (κ1) is 8.63. The normalized spacial score (nSPS) is 28.6. The molecule has 1 amide bonds. The molecule has 2 N–H and O–H groups in total. The summed E-state index contributed by atoms with van der Waals surface area (Å²) in [5.74, 6) is -0.563. The van der Waals surface area contributed by atoms with Crippen molar-refractivity contribution in [3.63, 3.8) is 0 Å². The monoisotopic (exact) mass is 177 g/mol. The molecule has 0 aromatic rings. The van der Waals surface area contributed by atoms with Crippen LogP contribution in [0.3, 0.4) is 0 Å². The van der Waals surface area contributed by atoms with Crippen LogP contribution in [0.5, 0.6) is 0 Å². The molecule has 11 heavy (non-hydrogen) atoms. The highest BCUT2D eigenvalue weighted by Gasteiger charge is 2.29. The first-order chi connectivity index (χ1) is 5.13. The van der Waals surface area contributed by atoms with Crippen LogP contribution in [0.2, 0.25) is 0 Å². The van der Waals surface area contributed by atoms with Crippen molar-refractivity contribution in [1.82, 2.24) is 4.31 Å². The molecule has 0 aromatic carbocycles. The fourth-order valence-corrected chi connectivity index (χ4v) is 1.90. The number of carbonyl (C=O) groups excluding carboxylic acids is 1. The third-order valence-electron chi connectivity index (χ3n) is 1.72. The van der Waals surface area contributed by atoms with E-state index in [1.807, 2.05) is 0 Å². The maximum atomic E-state index is 10.6. The Morgan fingerprint density at radius 3 is 2.73 bits per heavy atom. The van der Waals surface area contributed by atoms with Gasteiger partial charge in [0.05, 0.1) is 6.04 Å². The Balaban J connectivity index is 2.65.